The first kappa shape index (κ1) is 12.3. The Hall–Kier alpha value is -1.75. The number of nitrogens with one attached hydrogen (secondary N) is 1. The van der Waals surface area contributed by atoms with Crippen LogP contribution in [0.5, 0.6) is 11.5 Å². The van der Waals surface area contributed by atoms with E-state index in [4.69, 9.17) is 9.47 Å². The van der Waals surface area contributed by atoms with Crippen LogP contribution in [0, 0.1) is 5.92 Å². The van der Waals surface area contributed by atoms with Crippen LogP contribution in [0.25, 0.3) is 0 Å². The minimum absolute atomic E-state index is 0.149. The second-order valence-corrected chi connectivity index (χ2v) is 5.03. The third-order valence-corrected chi connectivity index (χ3v) is 3.57. The van der Waals surface area contributed by atoms with Gasteiger partial charge in [-0.1, -0.05) is 6.07 Å². The van der Waals surface area contributed by atoms with Crippen molar-refractivity contribution in [3.05, 3.63) is 23.8 Å². The SMILES string of the molecule is O=C(NCC1CC(O)C1)c1cccc2c1OCCO2. The van der Waals surface area contributed by atoms with Gasteiger partial charge in [0.15, 0.2) is 11.5 Å². The summed E-state index contributed by atoms with van der Waals surface area (Å²) < 4.78 is 11.0. The maximum atomic E-state index is 12.1. The van der Waals surface area contributed by atoms with Crippen LogP contribution in [0.15, 0.2) is 18.2 Å². The summed E-state index contributed by atoms with van der Waals surface area (Å²) in [6.45, 7) is 1.57. The molecular formula is C14H17NO4. The normalized spacial score (nSPS) is 24.5. The monoisotopic (exact) mass is 263 g/mol. The molecule has 1 aliphatic carbocycles. The van der Waals surface area contributed by atoms with Crippen molar-refractivity contribution in [2.24, 2.45) is 5.92 Å². The topological polar surface area (TPSA) is 67.8 Å². The van der Waals surface area contributed by atoms with Gasteiger partial charge in [0.25, 0.3) is 5.91 Å². The summed E-state index contributed by atoms with van der Waals surface area (Å²) in [5.74, 6) is 1.39. The quantitative estimate of drug-likeness (QED) is 0.852. The molecule has 1 heterocycles. The van der Waals surface area contributed by atoms with Crippen molar-refractivity contribution in [3.8, 4) is 11.5 Å². The first-order valence-corrected chi connectivity index (χ1v) is 6.59. The van der Waals surface area contributed by atoms with Gasteiger partial charge in [0.1, 0.15) is 13.2 Å². The molecule has 2 aliphatic rings. The lowest BCUT2D eigenvalue weighted by molar-refractivity contribution is 0.0419. The molecule has 0 atom stereocenters. The lowest BCUT2D eigenvalue weighted by Gasteiger charge is -2.31. The molecule has 1 aromatic carbocycles. The molecule has 2 N–H and O–H groups in total. The molecule has 0 bridgehead atoms. The highest BCUT2D eigenvalue weighted by molar-refractivity contribution is 5.97. The molecule has 1 saturated carbocycles. The summed E-state index contributed by atoms with van der Waals surface area (Å²) >= 11 is 0. The molecule has 1 aliphatic heterocycles. The van der Waals surface area contributed by atoms with E-state index in [1.807, 2.05) is 0 Å². The van der Waals surface area contributed by atoms with E-state index in [9.17, 15) is 9.90 Å². The fourth-order valence-electron chi connectivity index (χ4n) is 2.45. The molecule has 5 nitrogen and oxygen atoms in total. The number of carbonyl (C=O) groups excluding carboxylic acids is 1. The molecule has 1 fully saturated rings. The van der Waals surface area contributed by atoms with E-state index < -0.39 is 0 Å². The van der Waals surface area contributed by atoms with Crippen LogP contribution in [-0.2, 0) is 0 Å². The summed E-state index contributed by atoms with van der Waals surface area (Å²) in [7, 11) is 0. The molecule has 3 rings (SSSR count). The average molecular weight is 263 g/mol. The van der Waals surface area contributed by atoms with E-state index in [0.29, 0.717) is 42.7 Å². The fourth-order valence-corrected chi connectivity index (χ4v) is 2.45. The van der Waals surface area contributed by atoms with Gasteiger partial charge in [0, 0.05) is 6.54 Å². The average Bonchev–Trinajstić information content (AvgIpc) is 2.41. The second-order valence-electron chi connectivity index (χ2n) is 5.03. The highest BCUT2D eigenvalue weighted by Gasteiger charge is 2.28. The first-order valence-electron chi connectivity index (χ1n) is 6.59. The Labute approximate surface area is 111 Å². The largest absolute Gasteiger partial charge is 0.486 e. The molecule has 0 radical (unpaired) electrons. The Morgan fingerprint density at radius 3 is 2.89 bits per heavy atom. The van der Waals surface area contributed by atoms with Gasteiger partial charge in [0.2, 0.25) is 0 Å². The number of carbonyl (C=O) groups is 1. The first-order chi connectivity index (χ1) is 9.24. The van der Waals surface area contributed by atoms with Crippen LogP contribution in [0.1, 0.15) is 23.2 Å². The molecule has 0 saturated heterocycles. The summed E-state index contributed by atoms with van der Waals surface area (Å²) in [6, 6.07) is 5.32. The van der Waals surface area contributed by atoms with Gasteiger partial charge in [-0.15, -0.1) is 0 Å². The van der Waals surface area contributed by atoms with Crippen molar-refractivity contribution in [1.82, 2.24) is 5.32 Å². The van der Waals surface area contributed by atoms with Crippen molar-refractivity contribution >= 4 is 5.91 Å². The minimum Gasteiger partial charge on any atom is -0.486 e. The zero-order valence-corrected chi connectivity index (χ0v) is 10.6. The van der Waals surface area contributed by atoms with E-state index in [-0.39, 0.29) is 12.0 Å². The number of ether oxygens (including phenoxy) is 2. The van der Waals surface area contributed by atoms with E-state index in [1.54, 1.807) is 18.2 Å². The highest BCUT2D eigenvalue weighted by atomic mass is 16.6. The van der Waals surface area contributed by atoms with Gasteiger partial charge < -0.3 is 19.9 Å². The third kappa shape index (κ3) is 2.51. The smallest absolute Gasteiger partial charge is 0.255 e. The van der Waals surface area contributed by atoms with E-state index in [2.05, 4.69) is 5.32 Å². The van der Waals surface area contributed by atoms with Crippen LogP contribution in [0.4, 0.5) is 0 Å². The van der Waals surface area contributed by atoms with Gasteiger partial charge in [0.05, 0.1) is 11.7 Å². The van der Waals surface area contributed by atoms with E-state index in [0.717, 1.165) is 12.8 Å². The molecule has 19 heavy (non-hydrogen) atoms. The highest BCUT2D eigenvalue weighted by Crippen LogP contribution is 2.33. The number of benzene rings is 1. The van der Waals surface area contributed by atoms with Gasteiger partial charge in [-0.25, -0.2) is 0 Å². The molecule has 0 unspecified atom stereocenters. The predicted octanol–water partition coefficient (Wildman–Crippen LogP) is 0.959. The maximum absolute atomic E-state index is 12.1. The Kier molecular flexibility index (Phi) is 3.29. The number of para-hydroxylation sites is 1. The Morgan fingerprint density at radius 1 is 1.32 bits per heavy atom. The molecule has 1 aromatic rings. The fraction of sp³-hybridized carbons (Fsp3) is 0.500. The lowest BCUT2D eigenvalue weighted by Crippen LogP contribution is -2.38. The number of aliphatic hydroxyl groups excluding tert-OH is 1. The Bertz CT molecular complexity index is 482. The zero-order valence-electron chi connectivity index (χ0n) is 10.6. The standard InChI is InChI=1S/C14H17NO4/c16-10-6-9(7-10)8-15-14(17)11-2-1-3-12-13(11)19-5-4-18-12/h1-3,9-10,16H,4-8H2,(H,15,17). The van der Waals surface area contributed by atoms with E-state index >= 15 is 0 Å². The zero-order chi connectivity index (χ0) is 13.2. The molecule has 5 heteroatoms. The Balaban J connectivity index is 1.66. The number of hydrogen-bond acceptors (Lipinski definition) is 4. The molecule has 0 aromatic heterocycles. The van der Waals surface area contributed by atoms with Gasteiger partial charge in [-0.2, -0.15) is 0 Å². The summed E-state index contributed by atoms with van der Waals surface area (Å²) in [5, 5.41) is 12.1. The van der Waals surface area contributed by atoms with Crippen LogP contribution in [-0.4, -0.2) is 36.9 Å². The number of aliphatic hydroxyl groups is 1. The third-order valence-electron chi connectivity index (χ3n) is 3.57. The molecule has 0 spiro atoms. The number of hydrogen-bond donors (Lipinski definition) is 2. The van der Waals surface area contributed by atoms with Crippen molar-refractivity contribution in [2.75, 3.05) is 19.8 Å². The van der Waals surface area contributed by atoms with Crippen molar-refractivity contribution < 1.29 is 19.4 Å². The number of rotatable bonds is 3. The van der Waals surface area contributed by atoms with Gasteiger partial charge in [-0.3, -0.25) is 4.79 Å². The summed E-state index contributed by atoms with van der Waals surface area (Å²) in [6.07, 6.45) is 1.35. The lowest BCUT2D eigenvalue weighted by atomic mass is 9.82. The van der Waals surface area contributed by atoms with Crippen LogP contribution in [0.2, 0.25) is 0 Å². The van der Waals surface area contributed by atoms with Crippen molar-refractivity contribution in [3.63, 3.8) is 0 Å². The second kappa shape index (κ2) is 5.09. The molecule has 102 valence electrons. The summed E-state index contributed by atoms with van der Waals surface area (Å²) in [4.78, 5) is 12.1. The van der Waals surface area contributed by atoms with Crippen LogP contribution in [0.3, 0.4) is 0 Å². The van der Waals surface area contributed by atoms with Gasteiger partial charge in [-0.05, 0) is 30.9 Å². The molecule has 1 amide bonds. The Morgan fingerprint density at radius 2 is 2.11 bits per heavy atom. The van der Waals surface area contributed by atoms with Crippen molar-refractivity contribution in [2.45, 2.75) is 18.9 Å². The van der Waals surface area contributed by atoms with E-state index in [1.165, 1.54) is 0 Å². The van der Waals surface area contributed by atoms with Gasteiger partial charge >= 0.3 is 0 Å². The minimum atomic E-state index is -0.192. The predicted molar refractivity (Wildman–Crippen MR) is 68.5 cm³/mol. The van der Waals surface area contributed by atoms with Crippen molar-refractivity contribution in [1.29, 1.82) is 0 Å². The molecular weight excluding hydrogens is 246 g/mol. The van der Waals surface area contributed by atoms with Crippen LogP contribution >= 0.6 is 0 Å². The summed E-state index contributed by atoms with van der Waals surface area (Å²) in [5.41, 5.74) is 0.511. The van der Waals surface area contributed by atoms with Crippen LogP contribution < -0.4 is 14.8 Å². The number of amides is 1. The maximum Gasteiger partial charge on any atom is 0.255 e. The number of fused-ring (bicyclic) bond motifs is 1.